The number of ketones is 2. The molecule has 0 amide bonds. The molecule has 4 rings (SSSR count). The molecule has 114 valence electrons. The fourth-order valence-electron chi connectivity index (χ4n) is 6.40. The van der Waals surface area contributed by atoms with Crippen LogP contribution in [0.15, 0.2) is 11.6 Å². The highest BCUT2D eigenvalue weighted by Gasteiger charge is 2.57. The Bertz CT molecular complexity index is 518. The summed E-state index contributed by atoms with van der Waals surface area (Å²) in [5.74, 6) is 3.72. The fraction of sp³-hybridized carbons (Fsp3) is 0.789. The molecule has 2 nitrogen and oxygen atoms in total. The Kier molecular flexibility index (Phi) is 3.13. The zero-order chi connectivity index (χ0) is 14.6. The van der Waals surface area contributed by atoms with E-state index in [4.69, 9.17) is 0 Å². The SMILES string of the molecule is CCC12CC[C@@H]3C4CCC(=O)C=C4CCC3[C@@H]1CCC2=O. The third kappa shape index (κ3) is 1.83. The van der Waals surface area contributed by atoms with Gasteiger partial charge >= 0.3 is 0 Å². The van der Waals surface area contributed by atoms with Crippen molar-refractivity contribution in [2.45, 2.75) is 64.7 Å². The van der Waals surface area contributed by atoms with E-state index in [0.29, 0.717) is 23.4 Å². The van der Waals surface area contributed by atoms with E-state index >= 15 is 0 Å². The number of carbonyl (C=O) groups is 2. The zero-order valence-corrected chi connectivity index (χ0v) is 13.1. The van der Waals surface area contributed by atoms with Crippen LogP contribution in [0, 0.1) is 29.1 Å². The molecule has 0 N–H and O–H groups in total. The van der Waals surface area contributed by atoms with Gasteiger partial charge in [0.15, 0.2) is 5.78 Å². The van der Waals surface area contributed by atoms with Crippen molar-refractivity contribution in [1.29, 1.82) is 0 Å². The average Bonchev–Trinajstić information content (AvgIpc) is 2.84. The Hall–Kier alpha value is -0.920. The Morgan fingerprint density at radius 1 is 1.05 bits per heavy atom. The smallest absolute Gasteiger partial charge is 0.155 e. The number of fused-ring (bicyclic) bond motifs is 5. The van der Waals surface area contributed by atoms with Gasteiger partial charge in [0.25, 0.3) is 0 Å². The van der Waals surface area contributed by atoms with E-state index in [9.17, 15) is 9.59 Å². The van der Waals surface area contributed by atoms with Gasteiger partial charge in [-0.3, -0.25) is 9.59 Å². The van der Waals surface area contributed by atoms with Gasteiger partial charge in [-0.15, -0.1) is 0 Å². The molecule has 0 heterocycles. The van der Waals surface area contributed by atoms with Crippen LogP contribution in [-0.2, 0) is 9.59 Å². The Morgan fingerprint density at radius 2 is 1.90 bits per heavy atom. The van der Waals surface area contributed by atoms with Gasteiger partial charge in [-0.25, -0.2) is 0 Å². The van der Waals surface area contributed by atoms with Gasteiger partial charge in [-0.05, 0) is 74.7 Å². The van der Waals surface area contributed by atoms with E-state index in [1.54, 1.807) is 0 Å². The topological polar surface area (TPSA) is 34.1 Å². The molecule has 2 heteroatoms. The first-order chi connectivity index (χ1) is 10.2. The van der Waals surface area contributed by atoms with Crippen LogP contribution in [0.2, 0.25) is 0 Å². The molecule has 0 saturated heterocycles. The second-order valence-corrected chi connectivity index (χ2v) is 7.81. The first kappa shape index (κ1) is 13.7. The minimum absolute atomic E-state index is 0.0346. The van der Waals surface area contributed by atoms with E-state index < -0.39 is 0 Å². The molecule has 3 saturated carbocycles. The normalized spacial score (nSPS) is 45.7. The van der Waals surface area contributed by atoms with Crippen LogP contribution >= 0.6 is 0 Å². The second-order valence-electron chi connectivity index (χ2n) is 7.81. The summed E-state index contributed by atoms with van der Waals surface area (Å²) >= 11 is 0. The first-order valence-electron chi connectivity index (χ1n) is 8.92. The van der Waals surface area contributed by atoms with Crippen LogP contribution in [0.1, 0.15) is 64.7 Å². The van der Waals surface area contributed by atoms with Gasteiger partial charge in [0.1, 0.15) is 5.78 Å². The number of Topliss-reactive ketones (excluding diaryl/α,β-unsaturated/α-hetero) is 1. The minimum Gasteiger partial charge on any atom is -0.299 e. The lowest BCUT2D eigenvalue weighted by Crippen LogP contribution is -2.47. The number of carbonyl (C=O) groups excluding carboxylic acids is 2. The first-order valence-corrected chi connectivity index (χ1v) is 8.92. The molecule has 4 aliphatic rings. The van der Waals surface area contributed by atoms with Crippen LogP contribution in [0.5, 0.6) is 0 Å². The van der Waals surface area contributed by atoms with Crippen LogP contribution in [-0.4, -0.2) is 11.6 Å². The lowest BCUT2D eigenvalue weighted by Gasteiger charge is -2.52. The third-order valence-electron chi connectivity index (χ3n) is 7.38. The highest BCUT2D eigenvalue weighted by Crippen LogP contribution is 2.61. The molecule has 0 aliphatic heterocycles. The number of allylic oxidation sites excluding steroid dienone is 1. The maximum atomic E-state index is 12.5. The van der Waals surface area contributed by atoms with Crippen LogP contribution in [0.4, 0.5) is 0 Å². The van der Waals surface area contributed by atoms with Crippen molar-refractivity contribution in [2.75, 3.05) is 0 Å². The van der Waals surface area contributed by atoms with Gasteiger partial charge in [0, 0.05) is 18.3 Å². The predicted molar refractivity (Wildman–Crippen MR) is 81.7 cm³/mol. The standard InChI is InChI=1S/C19H26O2/c1-2-19-10-9-15-14-6-4-13(20)11-12(14)3-5-16(15)17(19)7-8-18(19)21/h11,14-17H,2-10H2,1H3/t14?,15-,16?,17+,19?/m1/s1. The van der Waals surface area contributed by atoms with Crippen molar-refractivity contribution in [3.8, 4) is 0 Å². The molecular formula is C19H26O2. The summed E-state index contributed by atoms with van der Waals surface area (Å²) in [4.78, 5) is 24.2. The second kappa shape index (κ2) is 4.79. The van der Waals surface area contributed by atoms with Crippen LogP contribution in [0.25, 0.3) is 0 Å². The van der Waals surface area contributed by atoms with E-state index in [2.05, 4.69) is 6.92 Å². The molecule has 0 aromatic heterocycles. The van der Waals surface area contributed by atoms with Gasteiger partial charge in [0.2, 0.25) is 0 Å². The van der Waals surface area contributed by atoms with E-state index in [1.165, 1.54) is 18.4 Å². The molecule has 0 bridgehead atoms. The third-order valence-corrected chi connectivity index (χ3v) is 7.38. The van der Waals surface area contributed by atoms with Gasteiger partial charge < -0.3 is 0 Å². The van der Waals surface area contributed by atoms with Crippen molar-refractivity contribution in [1.82, 2.24) is 0 Å². The summed E-state index contributed by atoms with van der Waals surface area (Å²) in [6.45, 7) is 2.23. The van der Waals surface area contributed by atoms with Gasteiger partial charge in [-0.2, -0.15) is 0 Å². The molecule has 3 fully saturated rings. The monoisotopic (exact) mass is 286 g/mol. The molecule has 5 atom stereocenters. The molecule has 0 radical (unpaired) electrons. The number of rotatable bonds is 1. The summed E-state index contributed by atoms with van der Waals surface area (Å²) < 4.78 is 0. The maximum absolute atomic E-state index is 12.5. The summed E-state index contributed by atoms with van der Waals surface area (Å²) in [7, 11) is 0. The van der Waals surface area contributed by atoms with Crippen molar-refractivity contribution >= 4 is 11.6 Å². The predicted octanol–water partition coefficient (Wildman–Crippen LogP) is 4.09. The number of hydrogen-bond donors (Lipinski definition) is 0. The molecule has 21 heavy (non-hydrogen) atoms. The molecule has 0 aromatic rings. The van der Waals surface area contributed by atoms with Crippen LogP contribution in [0.3, 0.4) is 0 Å². The molecule has 0 aromatic carbocycles. The van der Waals surface area contributed by atoms with Crippen LogP contribution < -0.4 is 0 Å². The van der Waals surface area contributed by atoms with E-state index in [1.807, 2.05) is 6.08 Å². The molecule has 0 spiro atoms. The Balaban J connectivity index is 1.65. The van der Waals surface area contributed by atoms with E-state index in [-0.39, 0.29) is 5.41 Å². The van der Waals surface area contributed by atoms with E-state index in [0.717, 1.165) is 56.8 Å². The molecule has 4 aliphatic carbocycles. The largest absolute Gasteiger partial charge is 0.299 e. The maximum Gasteiger partial charge on any atom is 0.155 e. The summed E-state index contributed by atoms with van der Waals surface area (Å²) in [5, 5.41) is 0. The lowest BCUT2D eigenvalue weighted by molar-refractivity contribution is -0.133. The average molecular weight is 286 g/mol. The molecule has 3 unspecified atom stereocenters. The Morgan fingerprint density at radius 3 is 2.71 bits per heavy atom. The number of hydrogen-bond acceptors (Lipinski definition) is 2. The Labute approximate surface area is 127 Å². The summed E-state index contributed by atoms with van der Waals surface area (Å²) in [5.41, 5.74) is 1.48. The van der Waals surface area contributed by atoms with Gasteiger partial charge in [-0.1, -0.05) is 12.5 Å². The van der Waals surface area contributed by atoms with Crippen molar-refractivity contribution in [2.24, 2.45) is 29.1 Å². The highest BCUT2D eigenvalue weighted by molar-refractivity contribution is 5.91. The highest BCUT2D eigenvalue weighted by atomic mass is 16.1. The molecular weight excluding hydrogens is 260 g/mol. The lowest BCUT2D eigenvalue weighted by atomic mass is 9.51. The van der Waals surface area contributed by atoms with Crippen molar-refractivity contribution < 1.29 is 9.59 Å². The van der Waals surface area contributed by atoms with Gasteiger partial charge in [0.05, 0.1) is 0 Å². The quantitative estimate of drug-likeness (QED) is 0.727. The van der Waals surface area contributed by atoms with Crippen molar-refractivity contribution in [3.63, 3.8) is 0 Å². The minimum atomic E-state index is 0.0346. The van der Waals surface area contributed by atoms with Crippen molar-refractivity contribution in [3.05, 3.63) is 11.6 Å². The summed E-state index contributed by atoms with van der Waals surface area (Å²) in [6.07, 6.45) is 11.5. The zero-order valence-electron chi connectivity index (χ0n) is 13.1. The fourth-order valence-corrected chi connectivity index (χ4v) is 6.40. The summed E-state index contributed by atoms with van der Waals surface area (Å²) in [6, 6.07) is 0.